The van der Waals surface area contributed by atoms with Crippen LogP contribution in [0.15, 0.2) is 0 Å². The highest BCUT2D eigenvalue weighted by Gasteiger charge is 2.43. The monoisotopic (exact) mass is 258 g/mol. The maximum atomic E-state index is 2.47. The molecule has 2 rings (SSSR count). The van der Waals surface area contributed by atoms with Crippen LogP contribution in [0.2, 0.25) is 0 Å². The third kappa shape index (κ3) is 6.81. The van der Waals surface area contributed by atoms with Crippen molar-refractivity contribution in [1.29, 1.82) is 0 Å². The predicted octanol–water partition coefficient (Wildman–Crippen LogP) is 7.18. The lowest BCUT2D eigenvalue weighted by Crippen LogP contribution is -2.18. The summed E-state index contributed by atoms with van der Waals surface area (Å²) < 4.78 is 0. The van der Waals surface area contributed by atoms with Crippen molar-refractivity contribution in [2.75, 3.05) is 0 Å². The molecule has 114 valence electrons. The topological polar surface area (TPSA) is 0 Å². The van der Waals surface area contributed by atoms with E-state index in [1.54, 1.807) is 19.3 Å². The normalized spacial score (nSPS) is 30.3. The van der Waals surface area contributed by atoms with Crippen molar-refractivity contribution in [3.05, 3.63) is 0 Å². The van der Waals surface area contributed by atoms with Crippen molar-refractivity contribution in [1.82, 2.24) is 0 Å². The van der Waals surface area contributed by atoms with Crippen LogP contribution in [0, 0.1) is 23.7 Å². The third-order valence-electron chi connectivity index (χ3n) is 4.01. The first-order valence-electron chi connectivity index (χ1n) is 8.83. The molecule has 2 aliphatic carbocycles. The summed E-state index contributed by atoms with van der Waals surface area (Å²) in [6.45, 7) is 20.8. The lowest BCUT2D eigenvalue weighted by Gasteiger charge is -2.26. The minimum atomic E-state index is 1.06. The van der Waals surface area contributed by atoms with Gasteiger partial charge in [0.05, 0.1) is 0 Å². The van der Waals surface area contributed by atoms with Gasteiger partial charge in [-0.25, -0.2) is 0 Å². The maximum Gasteiger partial charge on any atom is -0.0360 e. The Hall–Kier alpha value is 0. The van der Waals surface area contributed by atoms with Gasteiger partial charge < -0.3 is 0 Å². The molecule has 0 saturated heterocycles. The standard InChI is InChI=1S/C10H18.4C2H6/c1-3-10-7(2)8-4-5-9(10)6-8;4*1-2/h7-10H,3-6H2,1-2H3;4*1-2H3. The van der Waals surface area contributed by atoms with Gasteiger partial charge in [-0.3, -0.25) is 0 Å². The van der Waals surface area contributed by atoms with E-state index in [0.717, 1.165) is 23.7 Å². The van der Waals surface area contributed by atoms with Crippen LogP contribution in [0.1, 0.15) is 94.9 Å². The lowest BCUT2D eigenvalue weighted by molar-refractivity contribution is 0.233. The van der Waals surface area contributed by atoms with E-state index in [-0.39, 0.29) is 0 Å². The summed E-state index contributed by atoms with van der Waals surface area (Å²) in [6, 6.07) is 0. The van der Waals surface area contributed by atoms with Crippen LogP contribution in [-0.4, -0.2) is 0 Å². The van der Waals surface area contributed by atoms with Crippen molar-refractivity contribution in [3.63, 3.8) is 0 Å². The zero-order valence-corrected chi connectivity index (χ0v) is 15.1. The van der Waals surface area contributed by atoms with Gasteiger partial charge in [-0.05, 0) is 42.9 Å². The molecular formula is C18H42. The fourth-order valence-electron chi connectivity index (χ4n) is 3.40. The molecule has 0 aliphatic heterocycles. The van der Waals surface area contributed by atoms with Crippen LogP contribution < -0.4 is 0 Å². The van der Waals surface area contributed by atoms with Gasteiger partial charge in [-0.1, -0.05) is 75.7 Å². The number of fused-ring (bicyclic) bond motifs is 2. The number of hydrogen-bond acceptors (Lipinski definition) is 0. The number of hydrogen-bond donors (Lipinski definition) is 0. The molecular weight excluding hydrogens is 216 g/mol. The van der Waals surface area contributed by atoms with Crippen molar-refractivity contribution in [3.8, 4) is 0 Å². The van der Waals surface area contributed by atoms with Gasteiger partial charge in [0.15, 0.2) is 0 Å². The summed E-state index contributed by atoms with van der Waals surface area (Å²) in [5, 5.41) is 0. The van der Waals surface area contributed by atoms with Gasteiger partial charge in [0.1, 0.15) is 0 Å². The molecule has 0 aromatic rings. The molecule has 2 bridgehead atoms. The van der Waals surface area contributed by atoms with E-state index in [1.807, 2.05) is 55.4 Å². The molecule has 0 amide bonds. The van der Waals surface area contributed by atoms with Crippen LogP contribution in [0.3, 0.4) is 0 Å². The van der Waals surface area contributed by atoms with E-state index < -0.39 is 0 Å². The first kappa shape index (κ1) is 23.1. The molecule has 0 nitrogen and oxygen atoms in total. The van der Waals surface area contributed by atoms with Crippen LogP contribution in [0.25, 0.3) is 0 Å². The first-order chi connectivity index (χ1) is 8.83. The molecule has 0 heterocycles. The van der Waals surface area contributed by atoms with E-state index in [1.165, 1.54) is 6.42 Å². The molecule has 18 heavy (non-hydrogen) atoms. The minimum Gasteiger partial charge on any atom is -0.0683 e. The molecule has 0 aromatic heterocycles. The SMILES string of the molecule is CC.CC.CC.CC.CCC1C2CCC(C2)C1C. The minimum absolute atomic E-state index is 1.06. The van der Waals surface area contributed by atoms with Gasteiger partial charge in [0.2, 0.25) is 0 Å². The number of rotatable bonds is 1. The Morgan fingerprint density at radius 1 is 0.722 bits per heavy atom. The molecule has 4 atom stereocenters. The Bertz CT molecular complexity index is 126. The molecule has 2 aliphatic rings. The molecule has 4 unspecified atom stereocenters. The Kier molecular flexibility index (Phi) is 21.8. The first-order valence-corrected chi connectivity index (χ1v) is 8.83. The summed E-state index contributed by atoms with van der Waals surface area (Å²) in [7, 11) is 0. The second-order valence-electron chi connectivity index (χ2n) is 4.26. The average molecular weight is 259 g/mol. The highest BCUT2D eigenvalue weighted by molar-refractivity contribution is 4.93. The predicted molar refractivity (Wildman–Crippen MR) is 89.2 cm³/mol. The Morgan fingerprint density at radius 3 is 1.33 bits per heavy atom. The van der Waals surface area contributed by atoms with Gasteiger partial charge in [0.25, 0.3) is 0 Å². The van der Waals surface area contributed by atoms with Gasteiger partial charge in [0, 0.05) is 0 Å². The van der Waals surface area contributed by atoms with E-state index in [9.17, 15) is 0 Å². The second kappa shape index (κ2) is 17.0. The van der Waals surface area contributed by atoms with Crippen LogP contribution >= 0.6 is 0 Å². The van der Waals surface area contributed by atoms with E-state index in [2.05, 4.69) is 13.8 Å². The van der Waals surface area contributed by atoms with Crippen molar-refractivity contribution in [2.24, 2.45) is 23.7 Å². The molecule has 0 radical (unpaired) electrons. The Labute approximate surface area is 119 Å². The summed E-state index contributed by atoms with van der Waals surface area (Å²) in [5.74, 6) is 4.41. The van der Waals surface area contributed by atoms with Crippen molar-refractivity contribution < 1.29 is 0 Å². The lowest BCUT2D eigenvalue weighted by atomic mass is 9.79. The average Bonchev–Trinajstić information content (AvgIpc) is 3.08. The fourth-order valence-corrected chi connectivity index (χ4v) is 3.40. The van der Waals surface area contributed by atoms with Crippen LogP contribution in [-0.2, 0) is 0 Å². The van der Waals surface area contributed by atoms with E-state index >= 15 is 0 Å². The molecule has 0 heteroatoms. The quantitative estimate of drug-likeness (QED) is 0.467. The molecule has 0 N–H and O–H groups in total. The molecule has 0 aromatic carbocycles. The Morgan fingerprint density at radius 2 is 1.11 bits per heavy atom. The summed E-state index contributed by atoms with van der Waals surface area (Å²) in [5.41, 5.74) is 0. The zero-order valence-electron chi connectivity index (χ0n) is 15.1. The van der Waals surface area contributed by atoms with E-state index in [4.69, 9.17) is 0 Å². The highest BCUT2D eigenvalue weighted by atomic mass is 14.5. The molecule has 2 fully saturated rings. The smallest absolute Gasteiger partial charge is 0.0360 e. The third-order valence-corrected chi connectivity index (χ3v) is 4.01. The van der Waals surface area contributed by atoms with Gasteiger partial charge in [-0.2, -0.15) is 0 Å². The zero-order chi connectivity index (χ0) is 15.1. The molecule has 2 saturated carbocycles. The Balaban J connectivity index is -0.000000244. The van der Waals surface area contributed by atoms with Crippen molar-refractivity contribution >= 4 is 0 Å². The molecule has 0 spiro atoms. The summed E-state index contributed by atoms with van der Waals surface area (Å²) >= 11 is 0. The largest absolute Gasteiger partial charge is 0.0683 e. The second-order valence-corrected chi connectivity index (χ2v) is 4.26. The van der Waals surface area contributed by atoms with Crippen LogP contribution in [0.4, 0.5) is 0 Å². The highest BCUT2D eigenvalue weighted by Crippen LogP contribution is 2.52. The fraction of sp³-hybridized carbons (Fsp3) is 1.00. The van der Waals surface area contributed by atoms with Crippen molar-refractivity contribution in [2.45, 2.75) is 94.9 Å². The van der Waals surface area contributed by atoms with E-state index in [0.29, 0.717) is 0 Å². The maximum absolute atomic E-state index is 2.47. The summed E-state index contributed by atoms with van der Waals surface area (Å²) in [4.78, 5) is 0. The van der Waals surface area contributed by atoms with Crippen LogP contribution in [0.5, 0.6) is 0 Å². The van der Waals surface area contributed by atoms with Gasteiger partial charge in [-0.15, -0.1) is 0 Å². The van der Waals surface area contributed by atoms with Gasteiger partial charge >= 0.3 is 0 Å². The summed E-state index contributed by atoms with van der Waals surface area (Å²) in [6.07, 6.45) is 6.10.